The molecule has 1 unspecified atom stereocenters. The Hall–Kier alpha value is -1.67. The summed E-state index contributed by atoms with van der Waals surface area (Å²) < 4.78 is 0. The van der Waals surface area contributed by atoms with Gasteiger partial charge < -0.3 is 16.0 Å². The van der Waals surface area contributed by atoms with Crippen LogP contribution < -0.4 is 11.1 Å². The third-order valence-electron chi connectivity index (χ3n) is 4.50. The van der Waals surface area contributed by atoms with Gasteiger partial charge in [0.15, 0.2) is 0 Å². The number of nitrogens with zero attached hydrogens (tertiary/aromatic N) is 2. The summed E-state index contributed by atoms with van der Waals surface area (Å²) in [4.78, 5) is 31.4. The normalized spacial score (nSPS) is 15.9. The van der Waals surface area contributed by atoms with E-state index in [0.29, 0.717) is 31.7 Å². The van der Waals surface area contributed by atoms with Crippen LogP contribution in [-0.2, 0) is 4.79 Å². The quantitative estimate of drug-likeness (QED) is 0.741. The van der Waals surface area contributed by atoms with Crippen LogP contribution in [0.3, 0.4) is 0 Å². The summed E-state index contributed by atoms with van der Waals surface area (Å²) in [6.07, 6.45) is 1.64. The molecule has 0 saturated carbocycles. The monoisotopic (exact) mass is 444 g/mol. The maximum Gasteiger partial charge on any atom is 0.253 e. The van der Waals surface area contributed by atoms with Gasteiger partial charge in [-0.15, -0.1) is 36.2 Å². The number of thiazole rings is 1. The Morgan fingerprint density at radius 1 is 1.36 bits per heavy atom. The highest BCUT2D eigenvalue weighted by atomic mass is 35.5. The van der Waals surface area contributed by atoms with E-state index in [2.05, 4.69) is 10.3 Å². The minimum atomic E-state index is -0.163. The number of nitrogens with one attached hydrogen (secondary N) is 1. The van der Waals surface area contributed by atoms with E-state index in [1.54, 1.807) is 16.2 Å². The first-order valence-electron chi connectivity index (χ1n) is 8.88. The molecule has 0 spiro atoms. The summed E-state index contributed by atoms with van der Waals surface area (Å²) in [5.74, 6) is -0.208. The third-order valence-corrected chi connectivity index (χ3v) is 5.51. The van der Waals surface area contributed by atoms with Gasteiger partial charge in [-0.25, -0.2) is 4.98 Å². The number of halogens is 2. The predicted molar refractivity (Wildman–Crippen MR) is 117 cm³/mol. The Bertz CT molecular complexity index is 800. The number of carbonyl (C=O) groups excluding carboxylic acids is 2. The van der Waals surface area contributed by atoms with Crippen LogP contribution >= 0.6 is 36.2 Å². The Morgan fingerprint density at radius 3 is 2.82 bits per heavy atom. The lowest BCUT2D eigenvalue weighted by Crippen LogP contribution is -2.46. The first-order chi connectivity index (χ1) is 12.6. The molecule has 1 aliphatic rings. The average molecular weight is 445 g/mol. The van der Waals surface area contributed by atoms with Crippen LogP contribution in [0.1, 0.15) is 28.9 Å². The molecule has 1 fully saturated rings. The summed E-state index contributed by atoms with van der Waals surface area (Å²) in [6.45, 7) is 3.98. The number of piperidine rings is 1. The molecule has 1 atom stereocenters. The molecule has 2 amide bonds. The zero-order valence-corrected chi connectivity index (χ0v) is 18.2. The Balaban J connectivity index is 0.00000196. The smallest absolute Gasteiger partial charge is 0.253 e. The molecule has 2 heterocycles. The van der Waals surface area contributed by atoms with Gasteiger partial charge in [0.25, 0.3) is 5.91 Å². The lowest BCUT2D eigenvalue weighted by atomic mass is 9.96. The van der Waals surface area contributed by atoms with Crippen LogP contribution in [0.4, 0.5) is 0 Å². The van der Waals surface area contributed by atoms with E-state index < -0.39 is 0 Å². The van der Waals surface area contributed by atoms with E-state index in [9.17, 15) is 9.59 Å². The maximum atomic E-state index is 12.9. The van der Waals surface area contributed by atoms with Crippen molar-refractivity contribution < 1.29 is 9.59 Å². The number of rotatable bonds is 5. The van der Waals surface area contributed by atoms with Gasteiger partial charge in [-0.2, -0.15) is 0 Å². The van der Waals surface area contributed by atoms with Crippen molar-refractivity contribution in [3.63, 3.8) is 0 Å². The SMILES string of the molecule is Cc1csc(-c2cccc(C(=O)N3CCCC(C(=O)NCCN)C3)c2)n1.Cl.Cl. The highest BCUT2D eigenvalue weighted by Gasteiger charge is 2.28. The number of benzene rings is 1. The van der Waals surface area contributed by atoms with Gasteiger partial charge in [-0.1, -0.05) is 12.1 Å². The summed E-state index contributed by atoms with van der Waals surface area (Å²) in [5, 5.41) is 5.74. The highest BCUT2D eigenvalue weighted by molar-refractivity contribution is 7.13. The molecule has 1 aliphatic heterocycles. The predicted octanol–water partition coefficient (Wildman–Crippen LogP) is 2.89. The van der Waals surface area contributed by atoms with E-state index in [4.69, 9.17) is 5.73 Å². The number of aryl methyl sites for hydroxylation is 1. The Kier molecular flexibility index (Phi) is 9.89. The van der Waals surface area contributed by atoms with Gasteiger partial charge in [-0.3, -0.25) is 9.59 Å². The molecule has 28 heavy (non-hydrogen) atoms. The number of amides is 2. The summed E-state index contributed by atoms with van der Waals surface area (Å²) in [6, 6.07) is 7.56. The van der Waals surface area contributed by atoms with Crippen LogP contribution in [-0.4, -0.2) is 47.9 Å². The molecule has 154 valence electrons. The third kappa shape index (κ3) is 5.91. The largest absolute Gasteiger partial charge is 0.355 e. The second kappa shape index (κ2) is 11.4. The number of nitrogens with two attached hydrogens (primary N) is 1. The second-order valence-corrected chi connectivity index (χ2v) is 7.40. The van der Waals surface area contributed by atoms with Crippen LogP contribution in [0.2, 0.25) is 0 Å². The fourth-order valence-corrected chi connectivity index (χ4v) is 3.96. The molecule has 0 aliphatic carbocycles. The highest BCUT2D eigenvalue weighted by Crippen LogP contribution is 2.25. The molecular weight excluding hydrogens is 419 g/mol. The van der Waals surface area contributed by atoms with Crippen molar-refractivity contribution in [2.45, 2.75) is 19.8 Å². The van der Waals surface area contributed by atoms with Crippen molar-refractivity contribution in [1.29, 1.82) is 0 Å². The van der Waals surface area contributed by atoms with Gasteiger partial charge in [-0.05, 0) is 31.9 Å². The fraction of sp³-hybridized carbons (Fsp3) is 0.421. The van der Waals surface area contributed by atoms with Crippen molar-refractivity contribution in [2.75, 3.05) is 26.2 Å². The van der Waals surface area contributed by atoms with Gasteiger partial charge in [0, 0.05) is 48.4 Å². The molecular formula is C19H26Cl2N4O2S. The topological polar surface area (TPSA) is 88.3 Å². The summed E-state index contributed by atoms with van der Waals surface area (Å²) >= 11 is 1.57. The molecule has 3 rings (SSSR count). The van der Waals surface area contributed by atoms with Crippen LogP contribution in [0, 0.1) is 12.8 Å². The average Bonchev–Trinajstić information content (AvgIpc) is 3.12. The maximum absolute atomic E-state index is 12.9. The molecule has 0 radical (unpaired) electrons. The van der Waals surface area contributed by atoms with Crippen molar-refractivity contribution in [2.24, 2.45) is 11.7 Å². The number of hydrogen-bond acceptors (Lipinski definition) is 5. The molecule has 1 aromatic carbocycles. The van der Waals surface area contributed by atoms with Gasteiger partial charge >= 0.3 is 0 Å². The zero-order valence-electron chi connectivity index (χ0n) is 15.7. The van der Waals surface area contributed by atoms with Crippen molar-refractivity contribution in [1.82, 2.24) is 15.2 Å². The lowest BCUT2D eigenvalue weighted by molar-refractivity contribution is -0.126. The number of hydrogen-bond donors (Lipinski definition) is 2. The molecule has 0 bridgehead atoms. The van der Waals surface area contributed by atoms with E-state index in [0.717, 1.165) is 29.1 Å². The summed E-state index contributed by atoms with van der Waals surface area (Å²) in [7, 11) is 0. The van der Waals surface area contributed by atoms with E-state index in [-0.39, 0.29) is 42.5 Å². The molecule has 3 N–H and O–H groups in total. The minimum Gasteiger partial charge on any atom is -0.355 e. The van der Waals surface area contributed by atoms with Gasteiger partial charge in [0.2, 0.25) is 5.91 Å². The van der Waals surface area contributed by atoms with Crippen LogP contribution in [0.25, 0.3) is 10.6 Å². The minimum absolute atomic E-state index is 0. The first-order valence-corrected chi connectivity index (χ1v) is 9.76. The summed E-state index contributed by atoms with van der Waals surface area (Å²) in [5.41, 5.74) is 8.00. The molecule has 2 aromatic rings. The lowest BCUT2D eigenvalue weighted by Gasteiger charge is -2.32. The zero-order chi connectivity index (χ0) is 18.5. The van der Waals surface area contributed by atoms with Crippen molar-refractivity contribution >= 4 is 48.0 Å². The van der Waals surface area contributed by atoms with Gasteiger partial charge in [0.05, 0.1) is 5.92 Å². The van der Waals surface area contributed by atoms with E-state index in [1.807, 2.05) is 36.6 Å². The van der Waals surface area contributed by atoms with Crippen LogP contribution in [0.15, 0.2) is 29.6 Å². The van der Waals surface area contributed by atoms with Crippen molar-refractivity contribution in [3.8, 4) is 10.6 Å². The number of carbonyl (C=O) groups is 2. The Labute approximate surface area is 181 Å². The first kappa shape index (κ1) is 24.4. The molecule has 9 heteroatoms. The van der Waals surface area contributed by atoms with Gasteiger partial charge in [0.1, 0.15) is 5.01 Å². The number of aromatic nitrogens is 1. The van der Waals surface area contributed by atoms with Crippen molar-refractivity contribution in [3.05, 3.63) is 40.9 Å². The number of likely N-dealkylation sites (tertiary alicyclic amines) is 1. The molecule has 6 nitrogen and oxygen atoms in total. The molecule has 1 aromatic heterocycles. The van der Waals surface area contributed by atoms with Crippen LogP contribution in [0.5, 0.6) is 0 Å². The van der Waals surface area contributed by atoms with E-state index in [1.165, 1.54) is 0 Å². The fourth-order valence-electron chi connectivity index (χ4n) is 3.17. The Morgan fingerprint density at radius 2 is 2.14 bits per heavy atom. The molecule has 1 saturated heterocycles. The second-order valence-electron chi connectivity index (χ2n) is 6.54. The van der Waals surface area contributed by atoms with E-state index >= 15 is 0 Å². The standard InChI is InChI=1S/C19H24N4O2S.2ClH/c1-13-12-26-18(22-13)14-4-2-5-15(10-14)19(25)23-9-3-6-16(11-23)17(24)21-8-7-20;;/h2,4-5,10,12,16H,3,6-9,11,20H2,1H3,(H,21,24);2*1H.